The van der Waals surface area contributed by atoms with Crippen molar-refractivity contribution in [1.82, 2.24) is 4.98 Å². The molecule has 5 nitrogen and oxygen atoms in total. The lowest BCUT2D eigenvalue weighted by atomic mass is 10.1. The maximum atomic E-state index is 12.6. The highest BCUT2D eigenvalue weighted by molar-refractivity contribution is 5.93. The van der Waals surface area contributed by atoms with Crippen LogP contribution in [0.2, 0.25) is 0 Å². The molecule has 0 aliphatic rings. The van der Waals surface area contributed by atoms with Crippen molar-refractivity contribution in [2.75, 3.05) is 0 Å². The van der Waals surface area contributed by atoms with Crippen LogP contribution in [0.1, 0.15) is 21.6 Å². The quantitative estimate of drug-likeness (QED) is 0.836. The van der Waals surface area contributed by atoms with Gasteiger partial charge in [0.1, 0.15) is 5.56 Å². The summed E-state index contributed by atoms with van der Waals surface area (Å²) >= 11 is 0. The number of hydrogen-bond acceptors (Lipinski definition) is 4. The number of aromatic carboxylic acids is 1. The van der Waals surface area contributed by atoms with Gasteiger partial charge in [-0.25, -0.2) is 9.78 Å². The first kappa shape index (κ1) is 16.0. The monoisotopic (exact) mass is 304 g/mol. The summed E-state index contributed by atoms with van der Waals surface area (Å²) in [6, 6.07) is 0. The molecule has 0 radical (unpaired) electrons. The van der Waals surface area contributed by atoms with Gasteiger partial charge < -0.3 is 15.6 Å². The van der Waals surface area contributed by atoms with Gasteiger partial charge in [0, 0.05) is 18.3 Å². The average Bonchev–Trinajstić information content (AvgIpc) is 2.23. The van der Waals surface area contributed by atoms with Crippen molar-refractivity contribution in [3.8, 4) is 5.75 Å². The molecule has 0 saturated heterocycles. The van der Waals surface area contributed by atoms with Crippen LogP contribution in [0, 0.1) is 0 Å². The summed E-state index contributed by atoms with van der Waals surface area (Å²) in [5.41, 5.74) is 1.12. The number of carboxylic acid groups (broad SMARTS) is 1. The fraction of sp³-hybridized carbons (Fsp3) is 0.333. The molecule has 0 fully saturated rings. The molecule has 0 aliphatic carbocycles. The van der Waals surface area contributed by atoms with Crippen molar-refractivity contribution in [1.29, 1.82) is 0 Å². The molecule has 20 heavy (non-hydrogen) atoms. The van der Waals surface area contributed by atoms with Gasteiger partial charge in [0.2, 0.25) is 0 Å². The second-order valence-electron chi connectivity index (χ2n) is 3.39. The number of pyridine rings is 1. The number of halogens is 6. The van der Waals surface area contributed by atoms with Crippen molar-refractivity contribution >= 4 is 5.97 Å². The zero-order valence-corrected chi connectivity index (χ0v) is 9.34. The van der Waals surface area contributed by atoms with Crippen LogP contribution in [0.5, 0.6) is 5.75 Å². The van der Waals surface area contributed by atoms with E-state index in [2.05, 4.69) is 9.72 Å². The van der Waals surface area contributed by atoms with E-state index < -0.39 is 47.6 Å². The third-order valence-corrected chi connectivity index (χ3v) is 2.03. The molecule has 1 heterocycles. The minimum Gasteiger partial charge on any atom is -0.478 e. The predicted molar refractivity (Wildman–Crippen MR) is 50.8 cm³/mol. The number of carboxylic acids is 1. The fourth-order valence-electron chi connectivity index (χ4n) is 1.34. The predicted octanol–water partition coefficient (Wildman–Crippen LogP) is 2.16. The van der Waals surface area contributed by atoms with Gasteiger partial charge in [0.25, 0.3) is 0 Å². The van der Waals surface area contributed by atoms with Crippen LogP contribution in [0.3, 0.4) is 0 Å². The molecule has 0 aromatic carbocycles. The van der Waals surface area contributed by atoms with E-state index in [0.29, 0.717) is 6.20 Å². The van der Waals surface area contributed by atoms with Crippen LogP contribution in [0.25, 0.3) is 0 Å². The van der Waals surface area contributed by atoms with E-state index in [0.717, 1.165) is 0 Å². The molecular weight excluding hydrogens is 298 g/mol. The zero-order chi connectivity index (χ0) is 15.7. The lowest BCUT2D eigenvalue weighted by Crippen LogP contribution is -2.24. The Morgan fingerprint density at radius 1 is 1.30 bits per heavy atom. The number of nitrogens with zero attached hydrogens (tertiary/aromatic N) is 1. The Hall–Kier alpha value is -2.04. The normalized spacial score (nSPS) is 12.3. The summed E-state index contributed by atoms with van der Waals surface area (Å²) in [5, 5.41) is 8.77. The van der Waals surface area contributed by atoms with Crippen molar-refractivity contribution in [2.45, 2.75) is 19.1 Å². The first-order valence-electron chi connectivity index (χ1n) is 4.75. The third-order valence-electron chi connectivity index (χ3n) is 2.03. The molecule has 0 unspecified atom stereocenters. The van der Waals surface area contributed by atoms with E-state index in [4.69, 9.17) is 10.8 Å². The zero-order valence-electron chi connectivity index (χ0n) is 9.34. The minimum atomic E-state index is -5.51. The van der Waals surface area contributed by atoms with Gasteiger partial charge in [-0.05, 0) is 0 Å². The van der Waals surface area contributed by atoms with Crippen LogP contribution >= 0.6 is 0 Å². The van der Waals surface area contributed by atoms with E-state index in [-0.39, 0.29) is 0 Å². The average molecular weight is 304 g/mol. The van der Waals surface area contributed by atoms with Crippen LogP contribution in [-0.2, 0) is 12.7 Å². The molecular formula is C9H6F6N2O3. The molecule has 0 atom stereocenters. The smallest absolute Gasteiger partial charge is 0.478 e. The highest BCUT2D eigenvalue weighted by Crippen LogP contribution is 2.40. The van der Waals surface area contributed by atoms with Gasteiger partial charge in [-0.3, -0.25) is 0 Å². The van der Waals surface area contributed by atoms with Gasteiger partial charge in [0.05, 0.1) is 0 Å². The van der Waals surface area contributed by atoms with Gasteiger partial charge in [-0.15, -0.1) is 13.2 Å². The maximum Gasteiger partial charge on any atom is 0.573 e. The van der Waals surface area contributed by atoms with Crippen molar-refractivity contribution in [2.24, 2.45) is 5.73 Å². The van der Waals surface area contributed by atoms with Gasteiger partial charge in [-0.1, -0.05) is 0 Å². The number of hydrogen-bond donors (Lipinski definition) is 2. The van der Waals surface area contributed by atoms with Gasteiger partial charge >= 0.3 is 18.5 Å². The minimum absolute atomic E-state index is 0.440. The number of ether oxygens (including phenoxy) is 1. The fourth-order valence-corrected chi connectivity index (χ4v) is 1.34. The number of nitrogens with two attached hydrogens (primary N) is 1. The highest BCUT2D eigenvalue weighted by atomic mass is 19.4. The largest absolute Gasteiger partial charge is 0.573 e. The molecule has 0 saturated carbocycles. The van der Waals surface area contributed by atoms with E-state index in [1.807, 2.05) is 0 Å². The van der Waals surface area contributed by atoms with Crippen molar-refractivity contribution in [3.63, 3.8) is 0 Å². The molecule has 0 bridgehead atoms. The van der Waals surface area contributed by atoms with Crippen LogP contribution in [0.15, 0.2) is 6.20 Å². The summed E-state index contributed by atoms with van der Waals surface area (Å²) in [4.78, 5) is 13.6. The Morgan fingerprint density at radius 2 is 1.85 bits per heavy atom. The Kier molecular flexibility index (Phi) is 4.12. The summed E-state index contributed by atoms with van der Waals surface area (Å²) in [6.07, 6.45) is -10.4. The van der Waals surface area contributed by atoms with Gasteiger partial charge in [0.15, 0.2) is 11.4 Å². The van der Waals surface area contributed by atoms with E-state index in [1.165, 1.54) is 0 Å². The number of rotatable bonds is 3. The summed E-state index contributed by atoms with van der Waals surface area (Å²) in [5.74, 6) is -3.97. The Morgan fingerprint density at radius 3 is 2.20 bits per heavy atom. The maximum absolute atomic E-state index is 12.6. The first-order valence-corrected chi connectivity index (χ1v) is 4.75. The highest BCUT2D eigenvalue weighted by Gasteiger charge is 2.43. The van der Waals surface area contributed by atoms with Crippen LogP contribution in [0.4, 0.5) is 26.3 Å². The first-order chi connectivity index (χ1) is 8.97. The van der Waals surface area contributed by atoms with Gasteiger partial charge in [-0.2, -0.15) is 13.2 Å². The molecule has 1 rings (SSSR count). The Labute approximate surface area is 107 Å². The van der Waals surface area contributed by atoms with E-state index >= 15 is 0 Å². The molecule has 0 spiro atoms. The van der Waals surface area contributed by atoms with E-state index in [9.17, 15) is 31.1 Å². The van der Waals surface area contributed by atoms with Crippen LogP contribution in [-0.4, -0.2) is 22.4 Å². The molecule has 0 aliphatic heterocycles. The third kappa shape index (κ3) is 3.50. The Balaban J connectivity index is 3.64. The number of carbonyl (C=O) groups is 1. The van der Waals surface area contributed by atoms with Crippen LogP contribution < -0.4 is 10.5 Å². The molecule has 112 valence electrons. The molecule has 0 amide bonds. The van der Waals surface area contributed by atoms with E-state index in [1.54, 1.807) is 0 Å². The molecule has 3 N–H and O–H groups in total. The van der Waals surface area contributed by atoms with Crippen molar-refractivity contribution < 1.29 is 41.0 Å². The molecule has 11 heteroatoms. The Bertz CT molecular complexity index is 526. The van der Waals surface area contributed by atoms with Crippen molar-refractivity contribution in [3.05, 3.63) is 23.0 Å². The number of aromatic nitrogens is 1. The summed E-state index contributed by atoms with van der Waals surface area (Å²) in [7, 11) is 0. The SMILES string of the molecule is NCc1cnc(C(F)(F)F)c(OC(F)(F)F)c1C(=O)O. The molecule has 1 aromatic rings. The lowest BCUT2D eigenvalue weighted by molar-refractivity contribution is -0.276. The topological polar surface area (TPSA) is 85.4 Å². The molecule has 1 aromatic heterocycles. The lowest BCUT2D eigenvalue weighted by Gasteiger charge is -2.18. The second kappa shape index (κ2) is 5.15. The summed E-state index contributed by atoms with van der Waals surface area (Å²) in [6.45, 7) is -0.624. The second-order valence-corrected chi connectivity index (χ2v) is 3.39. The number of alkyl halides is 6. The summed E-state index contributed by atoms with van der Waals surface area (Å²) < 4.78 is 77.3. The standard InChI is InChI=1S/C9H6F6N2O3/c10-8(11,12)6-5(20-9(13,14)15)4(7(18)19)3(1-16)2-17-6/h2H,1,16H2,(H,18,19).